The Balaban J connectivity index is 0. The van der Waals surface area contributed by atoms with Crippen molar-refractivity contribution in [2.45, 2.75) is 0 Å². The zero-order valence-corrected chi connectivity index (χ0v) is 9.80. The largest absolute Gasteiger partial charge is 0.748 e. The van der Waals surface area contributed by atoms with E-state index in [1.54, 1.807) is 12.2 Å². The van der Waals surface area contributed by atoms with Gasteiger partial charge in [0.2, 0.25) is 0 Å². The first-order valence-corrected chi connectivity index (χ1v) is 4.48. The Hall–Kier alpha value is -1.30. The Morgan fingerprint density at radius 2 is 1.07 bits per heavy atom. The molecule has 0 saturated carbocycles. The molecular formula is C14H16Fe-6. The van der Waals surface area contributed by atoms with E-state index in [1.165, 1.54) is 0 Å². The predicted molar refractivity (Wildman–Crippen MR) is 64.5 cm³/mol. The molecule has 0 fully saturated rings. The van der Waals surface area contributed by atoms with Crippen molar-refractivity contribution in [3.63, 3.8) is 0 Å². The van der Waals surface area contributed by atoms with Gasteiger partial charge < -0.3 is 30.3 Å². The molecule has 0 aromatic heterocycles. The first-order valence-electron chi connectivity index (χ1n) is 4.48. The first kappa shape index (κ1) is 16.1. The topological polar surface area (TPSA) is 0 Å². The zero-order chi connectivity index (χ0) is 10.5. The van der Waals surface area contributed by atoms with E-state index in [-0.39, 0.29) is 17.1 Å². The van der Waals surface area contributed by atoms with Crippen LogP contribution in [0.3, 0.4) is 0 Å². The molecular weight excluding hydrogens is 224 g/mol. The van der Waals surface area contributed by atoms with Crippen LogP contribution >= 0.6 is 0 Å². The molecule has 2 aromatic carbocycles. The molecule has 0 amide bonds. The third-order valence-electron chi connectivity index (χ3n) is 1.28. The summed E-state index contributed by atoms with van der Waals surface area (Å²) >= 11 is 0. The van der Waals surface area contributed by atoms with Crippen LogP contribution in [0.25, 0.3) is 0 Å². The molecule has 0 atom stereocenters. The Morgan fingerprint density at radius 3 is 1.20 bits per heavy atom. The Kier molecular flexibility index (Phi) is 16.3. The molecule has 1 heteroatoms. The summed E-state index contributed by atoms with van der Waals surface area (Å²) in [6.45, 7) is 6.72. The minimum Gasteiger partial charge on any atom is -0.748 e. The van der Waals surface area contributed by atoms with Crippen molar-refractivity contribution in [1.82, 2.24) is 0 Å². The number of hydrogen-bond donors (Lipinski definition) is 0. The van der Waals surface area contributed by atoms with Crippen molar-refractivity contribution >= 4 is 0 Å². The maximum absolute atomic E-state index is 3.36. The predicted octanol–water partition coefficient (Wildman–Crippen LogP) is 4.17. The van der Waals surface area contributed by atoms with Gasteiger partial charge in [0, 0.05) is 17.1 Å². The Labute approximate surface area is 103 Å². The van der Waals surface area contributed by atoms with Crippen molar-refractivity contribution in [1.29, 1.82) is 0 Å². The summed E-state index contributed by atoms with van der Waals surface area (Å²) in [5.41, 5.74) is 0. The van der Waals surface area contributed by atoms with Gasteiger partial charge in [0.1, 0.15) is 0 Å². The van der Waals surface area contributed by atoms with Gasteiger partial charge in [0.25, 0.3) is 0 Å². The summed E-state index contributed by atoms with van der Waals surface area (Å²) in [7, 11) is 0. The van der Waals surface area contributed by atoms with Crippen LogP contribution in [0.4, 0.5) is 0 Å². The van der Waals surface area contributed by atoms with Gasteiger partial charge in [-0.2, -0.15) is 18.2 Å². The van der Waals surface area contributed by atoms with Gasteiger partial charge in [0.05, 0.1) is 0 Å². The summed E-state index contributed by atoms with van der Waals surface area (Å²) in [6, 6.07) is 20.0. The normalized spacial score (nSPS) is 6.67. The average Bonchev–Trinajstić information content (AvgIpc) is 2.94. The molecule has 86 valence electrons. The third-order valence-corrected chi connectivity index (χ3v) is 1.28. The number of rotatable bonds is 1. The van der Waals surface area contributed by atoms with E-state index in [9.17, 15) is 0 Å². The maximum Gasteiger partial charge on any atom is 0 e. The molecule has 2 rings (SSSR count). The van der Waals surface area contributed by atoms with E-state index in [1.807, 2.05) is 60.7 Å². The standard InChI is InChI=1S/2C5H5.C4H6.Fe/c2*1-2-4-5-3-1;1-3-4-2;/h2*1-5H;3-4H,1-2H2;/q-5;-1;;. The van der Waals surface area contributed by atoms with Gasteiger partial charge in [-0.25, -0.2) is 12.1 Å². The smallest absolute Gasteiger partial charge is 0 e. The third kappa shape index (κ3) is 15.5. The van der Waals surface area contributed by atoms with E-state index >= 15 is 0 Å². The first-order chi connectivity index (χ1) is 6.91. The quantitative estimate of drug-likeness (QED) is 0.398. The van der Waals surface area contributed by atoms with Gasteiger partial charge >= 0.3 is 0 Å². The van der Waals surface area contributed by atoms with Crippen molar-refractivity contribution in [3.05, 3.63) is 86.0 Å². The van der Waals surface area contributed by atoms with Gasteiger partial charge in [-0.15, -0.1) is 0 Å². The Bertz CT molecular complexity index is 210. The van der Waals surface area contributed by atoms with Gasteiger partial charge in [0.15, 0.2) is 0 Å². The zero-order valence-electron chi connectivity index (χ0n) is 8.70. The van der Waals surface area contributed by atoms with Gasteiger partial charge in [-0.05, 0) is 0 Å². The second-order valence-corrected chi connectivity index (χ2v) is 2.40. The molecule has 0 aliphatic heterocycles. The summed E-state index contributed by atoms with van der Waals surface area (Å²) in [4.78, 5) is 0. The summed E-state index contributed by atoms with van der Waals surface area (Å²) < 4.78 is 0. The van der Waals surface area contributed by atoms with Crippen LogP contribution < -0.4 is 0 Å². The van der Waals surface area contributed by atoms with E-state index in [0.29, 0.717) is 0 Å². The van der Waals surface area contributed by atoms with Crippen LogP contribution in [-0.4, -0.2) is 0 Å². The second kappa shape index (κ2) is 15.2. The molecule has 0 nitrogen and oxygen atoms in total. The fourth-order valence-electron chi connectivity index (χ4n) is 0.642. The minimum absolute atomic E-state index is 0. The molecule has 0 aliphatic carbocycles. The van der Waals surface area contributed by atoms with Gasteiger partial charge in [-0.3, -0.25) is 0 Å². The van der Waals surface area contributed by atoms with E-state index in [0.717, 1.165) is 0 Å². The van der Waals surface area contributed by atoms with Crippen molar-refractivity contribution < 1.29 is 17.1 Å². The summed E-state index contributed by atoms with van der Waals surface area (Å²) in [5, 5.41) is 0. The van der Waals surface area contributed by atoms with Crippen molar-refractivity contribution in [2.24, 2.45) is 0 Å². The van der Waals surface area contributed by atoms with Crippen LogP contribution in [0.2, 0.25) is 0 Å². The molecule has 2 aromatic rings. The molecule has 15 heavy (non-hydrogen) atoms. The molecule has 0 heterocycles. The number of hydrogen-bond acceptors (Lipinski definition) is 0. The van der Waals surface area contributed by atoms with Crippen LogP contribution in [0.15, 0.2) is 86.0 Å². The van der Waals surface area contributed by atoms with Crippen LogP contribution in [0, 0.1) is 0 Å². The number of allylic oxidation sites excluding steroid dienone is 2. The molecule has 0 saturated heterocycles. The molecule has 0 unspecified atom stereocenters. The van der Waals surface area contributed by atoms with Crippen LogP contribution in [-0.2, 0) is 17.1 Å². The van der Waals surface area contributed by atoms with E-state index < -0.39 is 0 Å². The van der Waals surface area contributed by atoms with E-state index in [2.05, 4.69) is 13.2 Å². The minimum atomic E-state index is 0. The Morgan fingerprint density at radius 1 is 0.733 bits per heavy atom. The molecule has 0 spiro atoms. The molecule has 0 radical (unpaired) electrons. The monoisotopic (exact) mass is 240 g/mol. The summed E-state index contributed by atoms with van der Waals surface area (Å²) in [6.07, 6.45) is 3.28. The van der Waals surface area contributed by atoms with Crippen LogP contribution in [0.1, 0.15) is 0 Å². The average molecular weight is 240 g/mol. The fourth-order valence-corrected chi connectivity index (χ4v) is 0.642. The second-order valence-electron chi connectivity index (χ2n) is 2.40. The fraction of sp³-hybridized carbons (Fsp3) is 0. The summed E-state index contributed by atoms with van der Waals surface area (Å²) in [5.74, 6) is 0. The van der Waals surface area contributed by atoms with E-state index in [4.69, 9.17) is 0 Å². The maximum atomic E-state index is 3.36. The molecule has 0 bridgehead atoms. The van der Waals surface area contributed by atoms with Crippen molar-refractivity contribution in [2.75, 3.05) is 0 Å². The molecule has 0 aliphatic rings. The SMILES string of the molecule is C=CC=C.[Fe].[cH-]1[cH-][cH-][cH-][cH-]1.c1cc[cH-]c1. The van der Waals surface area contributed by atoms with Crippen molar-refractivity contribution in [3.8, 4) is 0 Å². The van der Waals surface area contributed by atoms with Crippen LogP contribution in [0.5, 0.6) is 0 Å². The van der Waals surface area contributed by atoms with Gasteiger partial charge in [-0.1, -0.05) is 25.3 Å². The molecule has 0 N–H and O–H groups in total.